The molecule has 0 bridgehead atoms. The number of carbonyl (C=O) groups excluding carboxylic acids is 1. The van der Waals surface area contributed by atoms with Crippen LogP contribution in [0.2, 0.25) is 0 Å². The third-order valence-electron chi connectivity index (χ3n) is 2.72. The van der Waals surface area contributed by atoms with Crippen molar-refractivity contribution in [2.75, 3.05) is 18.8 Å². The fourth-order valence-corrected chi connectivity index (χ4v) is 2.93. The molecule has 0 aromatic heterocycles. The van der Waals surface area contributed by atoms with Crippen LogP contribution < -0.4 is 0 Å². The number of carbonyl (C=O) groups is 1. The predicted octanol–water partition coefficient (Wildman–Crippen LogP) is 2.12. The van der Waals surface area contributed by atoms with Crippen molar-refractivity contribution in [1.29, 1.82) is 0 Å². The van der Waals surface area contributed by atoms with Gasteiger partial charge in [-0.05, 0) is 18.8 Å². The first-order valence-electron chi connectivity index (χ1n) is 6.73. The maximum atomic E-state index is 12.3. The minimum absolute atomic E-state index is 0.156. The maximum Gasteiger partial charge on any atom is 0.240 e. The average Bonchev–Trinajstić information content (AvgIpc) is 2.24. The number of nitrogens with zero attached hydrogens (tertiary/aromatic N) is 1. The van der Waals surface area contributed by atoms with Gasteiger partial charge in [0.15, 0.2) is 9.84 Å². The molecule has 0 aromatic rings. The smallest absolute Gasteiger partial charge is 0.240 e. The average molecular weight is 289 g/mol. The molecule has 0 spiro atoms. The molecule has 0 aliphatic carbocycles. The normalized spacial score (nSPS) is 13.6. The summed E-state index contributed by atoms with van der Waals surface area (Å²) in [6, 6.07) is 0. The number of sulfone groups is 1. The highest BCUT2D eigenvalue weighted by molar-refractivity contribution is 7.92. The molecule has 0 heterocycles. The van der Waals surface area contributed by atoms with Crippen LogP contribution in [0, 0.1) is 11.8 Å². The Balaban J connectivity index is 5.02. The molecular formula is C14H27NO3S. The Kier molecular flexibility index (Phi) is 7.34. The molecule has 1 atom stereocenters. The van der Waals surface area contributed by atoms with Gasteiger partial charge >= 0.3 is 0 Å². The zero-order valence-electron chi connectivity index (χ0n) is 12.7. The fourth-order valence-electron chi connectivity index (χ4n) is 1.86. The summed E-state index contributed by atoms with van der Waals surface area (Å²) < 4.78 is 23.9. The largest absolute Gasteiger partial charge is 0.341 e. The van der Waals surface area contributed by atoms with Gasteiger partial charge < -0.3 is 4.90 Å². The second-order valence-electron chi connectivity index (χ2n) is 5.79. The van der Waals surface area contributed by atoms with E-state index in [0.29, 0.717) is 24.9 Å². The summed E-state index contributed by atoms with van der Waals surface area (Å²) in [5.74, 6) is 0.176. The van der Waals surface area contributed by atoms with Crippen molar-refractivity contribution in [2.24, 2.45) is 11.8 Å². The van der Waals surface area contributed by atoms with E-state index in [1.165, 1.54) is 13.0 Å². The summed E-state index contributed by atoms with van der Waals surface area (Å²) in [5, 5.41) is -0.997. The van der Waals surface area contributed by atoms with Crippen LogP contribution in [0.4, 0.5) is 0 Å². The second-order valence-corrected chi connectivity index (χ2v) is 8.16. The van der Waals surface area contributed by atoms with E-state index in [1.807, 2.05) is 27.7 Å². The first-order chi connectivity index (χ1) is 8.61. The van der Waals surface area contributed by atoms with Crippen molar-refractivity contribution in [2.45, 2.75) is 39.9 Å². The SMILES string of the molecule is C=CCS(=O)(=O)C(C)C(=O)N(CC(C)C)CC(C)C. The lowest BCUT2D eigenvalue weighted by Gasteiger charge is -2.28. The highest BCUT2D eigenvalue weighted by Gasteiger charge is 2.31. The molecule has 0 aliphatic heterocycles. The van der Waals surface area contributed by atoms with Crippen molar-refractivity contribution in [3.8, 4) is 0 Å². The van der Waals surface area contributed by atoms with Gasteiger partial charge in [0.25, 0.3) is 0 Å². The molecule has 112 valence electrons. The molecule has 0 aliphatic rings. The lowest BCUT2D eigenvalue weighted by molar-refractivity contribution is -0.131. The third kappa shape index (κ3) is 6.23. The number of rotatable bonds is 8. The van der Waals surface area contributed by atoms with E-state index in [-0.39, 0.29) is 11.7 Å². The van der Waals surface area contributed by atoms with E-state index >= 15 is 0 Å². The second kappa shape index (κ2) is 7.68. The molecule has 0 saturated carbocycles. The Morgan fingerprint density at radius 1 is 1.11 bits per heavy atom. The van der Waals surface area contributed by atoms with Crippen LogP contribution in [0.25, 0.3) is 0 Å². The van der Waals surface area contributed by atoms with Gasteiger partial charge in [0, 0.05) is 13.1 Å². The van der Waals surface area contributed by atoms with Crippen molar-refractivity contribution >= 4 is 15.7 Å². The van der Waals surface area contributed by atoms with Crippen molar-refractivity contribution in [3.05, 3.63) is 12.7 Å². The van der Waals surface area contributed by atoms with Gasteiger partial charge in [-0.2, -0.15) is 0 Å². The van der Waals surface area contributed by atoms with Crippen LogP contribution in [-0.4, -0.2) is 43.3 Å². The molecule has 0 radical (unpaired) electrons. The standard InChI is InChI=1S/C14H27NO3S/c1-7-8-19(17,18)13(6)14(16)15(9-11(2)3)10-12(4)5/h7,11-13H,1,8-10H2,2-6H3. The molecule has 0 fully saturated rings. The monoisotopic (exact) mass is 289 g/mol. The molecular weight excluding hydrogens is 262 g/mol. The van der Waals surface area contributed by atoms with E-state index in [1.54, 1.807) is 4.90 Å². The minimum atomic E-state index is -3.44. The van der Waals surface area contributed by atoms with E-state index < -0.39 is 15.1 Å². The van der Waals surface area contributed by atoms with E-state index in [2.05, 4.69) is 6.58 Å². The quantitative estimate of drug-likeness (QED) is 0.643. The Bertz CT molecular complexity index is 389. The summed E-state index contributed by atoms with van der Waals surface area (Å²) in [6.45, 7) is 14.1. The molecule has 0 rings (SSSR count). The predicted molar refractivity (Wildman–Crippen MR) is 79.7 cm³/mol. The first-order valence-corrected chi connectivity index (χ1v) is 8.44. The zero-order valence-corrected chi connectivity index (χ0v) is 13.5. The molecule has 4 nitrogen and oxygen atoms in total. The highest BCUT2D eigenvalue weighted by Crippen LogP contribution is 2.11. The van der Waals surface area contributed by atoms with E-state index in [9.17, 15) is 13.2 Å². The lowest BCUT2D eigenvalue weighted by atomic mass is 10.1. The molecule has 0 saturated heterocycles. The maximum absolute atomic E-state index is 12.3. The molecule has 5 heteroatoms. The zero-order chi connectivity index (χ0) is 15.2. The molecule has 1 amide bonds. The summed E-state index contributed by atoms with van der Waals surface area (Å²) in [4.78, 5) is 14.0. The van der Waals surface area contributed by atoms with Gasteiger partial charge in [0.1, 0.15) is 5.25 Å². The number of hydrogen-bond donors (Lipinski definition) is 0. The van der Waals surface area contributed by atoms with Crippen LogP contribution in [-0.2, 0) is 14.6 Å². The van der Waals surface area contributed by atoms with Crippen LogP contribution in [0.5, 0.6) is 0 Å². The fraction of sp³-hybridized carbons (Fsp3) is 0.786. The van der Waals surface area contributed by atoms with Gasteiger partial charge in [-0.1, -0.05) is 33.8 Å². The van der Waals surface area contributed by atoms with E-state index in [4.69, 9.17) is 0 Å². The third-order valence-corrected chi connectivity index (χ3v) is 4.70. The van der Waals surface area contributed by atoms with Crippen LogP contribution in [0.1, 0.15) is 34.6 Å². The van der Waals surface area contributed by atoms with Gasteiger partial charge in [0.05, 0.1) is 5.75 Å². The lowest BCUT2D eigenvalue weighted by Crippen LogP contribution is -2.45. The highest BCUT2D eigenvalue weighted by atomic mass is 32.2. The van der Waals surface area contributed by atoms with Gasteiger partial charge in [-0.15, -0.1) is 6.58 Å². The van der Waals surface area contributed by atoms with Gasteiger partial charge in [-0.25, -0.2) is 8.42 Å². The van der Waals surface area contributed by atoms with E-state index in [0.717, 1.165) is 0 Å². The minimum Gasteiger partial charge on any atom is -0.341 e. The first kappa shape index (κ1) is 18.2. The molecule has 0 N–H and O–H groups in total. The number of amides is 1. The topological polar surface area (TPSA) is 54.5 Å². The van der Waals surface area contributed by atoms with Crippen molar-refractivity contribution in [3.63, 3.8) is 0 Å². The van der Waals surface area contributed by atoms with Crippen LogP contribution in [0.15, 0.2) is 12.7 Å². The molecule has 19 heavy (non-hydrogen) atoms. The Labute approximate surface area is 117 Å². The summed E-state index contributed by atoms with van der Waals surface area (Å²) in [7, 11) is -3.44. The Hall–Kier alpha value is -0.840. The molecule has 0 aromatic carbocycles. The Morgan fingerprint density at radius 3 is 1.84 bits per heavy atom. The van der Waals surface area contributed by atoms with Crippen LogP contribution >= 0.6 is 0 Å². The van der Waals surface area contributed by atoms with Crippen molar-refractivity contribution < 1.29 is 13.2 Å². The summed E-state index contributed by atoms with van der Waals surface area (Å²) in [6.07, 6.45) is 1.33. The van der Waals surface area contributed by atoms with Gasteiger partial charge in [-0.3, -0.25) is 4.79 Å². The summed E-state index contributed by atoms with van der Waals surface area (Å²) in [5.41, 5.74) is 0. The Morgan fingerprint density at radius 2 is 1.53 bits per heavy atom. The van der Waals surface area contributed by atoms with Crippen molar-refractivity contribution in [1.82, 2.24) is 4.90 Å². The van der Waals surface area contributed by atoms with Gasteiger partial charge in [0.2, 0.25) is 5.91 Å². The van der Waals surface area contributed by atoms with Crippen LogP contribution in [0.3, 0.4) is 0 Å². The molecule has 1 unspecified atom stereocenters. The number of hydrogen-bond acceptors (Lipinski definition) is 3. The summed E-state index contributed by atoms with van der Waals surface area (Å²) >= 11 is 0.